The van der Waals surface area contributed by atoms with Gasteiger partial charge in [-0.3, -0.25) is 4.90 Å². The van der Waals surface area contributed by atoms with Crippen molar-refractivity contribution < 1.29 is 9.63 Å². The summed E-state index contributed by atoms with van der Waals surface area (Å²) in [5, 5.41) is 1.79. The van der Waals surface area contributed by atoms with Crippen LogP contribution in [0.4, 0.5) is 0 Å². The van der Waals surface area contributed by atoms with Gasteiger partial charge in [-0.05, 0) is 40.7 Å². The molecule has 0 N–H and O–H groups in total. The topological polar surface area (TPSA) is 32.8 Å². The number of nitrogens with zero attached hydrogens (tertiary/aromatic N) is 2. The predicted octanol–water partition coefficient (Wildman–Crippen LogP) is 1.66. The lowest BCUT2D eigenvalue weighted by Gasteiger charge is -2.47. The lowest BCUT2D eigenvalue weighted by molar-refractivity contribution is -0.232. The molecule has 4 heteroatoms. The van der Waals surface area contributed by atoms with Crippen LogP contribution >= 0.6 is 0 Å². The predicted molar refractivity (Wildman–Crippen MR) is 66.3 cm³/mol. The van der Waals surface area contributed by atoms with Gasteiger partial charge in [-0.1, -0.05) is 6.42 Å². The lowest BCUT2D eigenvalue weighted by atomic mass is 9.90. The largest absolute Gasteiger partial charge is 0.367 e. The number of likely N-dealkylation sites (N-methyl/N-ethyl adjacent to an activating group) is 1. The summed E-state index contributed by atoms with van der Waals surface area (Å²) in [7, 11) is 2.19. The van der Waals surface area contributed by atoms with Crippen molar-refractivity contribution in [2.75, 3.05) is 20.1 Å². The second kappa shape index (κ2) is 4.58. The molecule has 0 atom stereocenters. The third kappa shape index (κ3) is 2.80. The lowest BCUT2D eigenvalue weighted by Crippen LogP contribution is -2.61. The maximum atomic E-state index is 11.7. The first-order valence-electron chi connectivity index (χ1n) is 6.57. The molecule has 17 heavy (non-hydrogen) atoms. The Kier molecular flexibility index (Phi) is 3.46. The Hall–Kier alpha value is -0.610. The minimum Gasteiger partial charge on any atom is -0.367 e. The third-order valence-electron chi connectivity index (χ3n) is 3.88. The molecule has 0 bridgehead atoms. The monoisotopic (exact) mass is 240 g/mol. The molecule has 0 radical (unpaired) electrons. The van der Waals surface area contributed by atoms with Crippen LogP contribution in [0.5, 0.6) is 0 Å². The van der Waals surface area contributed by atoms with E-state index in [9.17, 15) is 4.79 Å². The van der Waals surface area contributed by atoms with Gasteiger partial charge < -0.3 is 4.84 Å². The van der Waals surface area contributed by atoms with Crippen LogP contribution in [0.25, 0.3) is 0 Å². The Morgan fingerprint density at radius 3 is 2.24 bits per heavy atom. The van der Waals surface area contributed by atoms with Crippen molar-refractivity contribution >= 4 is 5.97 Å². The van der Waals surface area contributed by atoms with Gasteiger partial charge in [0.15, 0.2) is 0 Å². The van der Waals surface area contributed by atoms with Gasteiger partial charge in [0.05, 0.1) is 18.5 Å². The standard InChI is InChI=1S/C13H24N2O2/c1-13(2,3)12(16)17-15-8-11(9-15)14(4)10-6-5-7-10/h10-11H,5-9H2,1-4H3. The molecule has 0 aromatic rings. The molecule has 0 unspecified atom stereocenters. The molecule has 0 aromatic heterocycles. The summed E-state index contributed by atoms with van der Waals surface area (Å²) in [6, 6.07) is 1.33. The first kappa shape index (κ1) is 12.8. The molecule has 1 saturated carbocycles. The Morgan fingerprint density at radius 1 is 1.24 bits per heavy atom. The fourth-order valence-corrected chi connectivity index (χ4v) is 2.10. The van der Waals surface area contributed by atoms with Gasteiger partial charge in [-0.25, -0.2) is 4.79 Å². The number of hydroxylamine groups is 2. The first-order chi connectivity index (χ1) is 7.88. The molecule has 0 amide bonds. The van der Waals surface area contributed by atoms with Crippen molar-refractivity contribution in [1.82, 2.24) is 9.96 Å². The fraction of sp³-hybridized carbons (Fsp3) is 0.923. The average Bonchev–Trinajstić information content (AvgIpc) is 2.04. The summed E-state index contributed by atoms with van der Waals surface area (Å²) in [5.74, 6) is -0.137. The summed E-state index contributed by atoms with van der Waals surface area (Å²) in [6.45, 7) is 7.36. The van der Waals surface area contributed by atoms with Crippen LogP contribution < -0.4 is 0 Å². The molecule has 1 heterocycles. The molecule has 0 aromatic carbocycles. The zero-order valence-electron chi connectivity index (χ0n) is 11.4. The normalized spacial score (nSPS) is 23.4. The van der Waals surface area contributed by atoms with Crippen LogP contribution in [-0.2, 0) is 9.63 Å². The van der Waals surface area contributed by atoms with E-state index in [2.05, 4.69) is 11.9 Å². The maximum absolute atomic E-state index is 11.7. The van der Waals surface area contributed by atoms with E-state index in [1.165, 1.54) is 19.3 Å². The number of carbonyl (C=O) groups excluding carboxylic acids is 1. The minimum absolute atomic E-state index is 0.137. The second-order valence-electron chi connectivity index (χ2n) is 6.38. The smallest absolute Gasteiger partial charge is 0.330 e. The van der Waals surface area contributed by atoms with Crippen molar-refractivity contribution in [2.24, 2.45) is 5.41 Å². The Balaban J connectivity index is 1.70. The van der Waals surface area contributed by atoms with Crippen molar-refractivity contribution in [3.63, 3.8) is 0 Å². The van der Waals surface area contributed by atoms with E-state index < -0.39 is 5.41 Å². The van der Waals surface area contributed by atoms with Gasteiger partial charge in [0.1, 0.15) is 0 Å². The molecule has 0 spiro atoms. The van der Waals surface area contributed by atoms with Crippen molar-refractivity contribution in [3.05, 3.63) is 0 Å². The van der Waals surface area contributed by atoms with Crippen LogP contribution in [0.1, 0.15) is 40.0 Å². The van der Waals surface area contributed by atoms with E-state index in [0.29, 0.717) is 6.04 Å². The molecular weight excluding hydrogens is 216 g/mol. The third-order valence-corrected chi connectivity index (χ3v) is 3.88. The van der Waals surface area contributed by atoms with Crippen molar-refractivity contribution in [1.29, 1.82) is 0 Å². The molecule has 1 saturated heterocycles. The number of carbonyl (C=O) groups is 1. The Labute approximate surface area is 104 Å². The Morgan fingerprint density at radius 2 is 1.82 bits per heavy atom. The van der Waals surface area contributed by atoms with E-state index in [-0.39, 0.29) is 5.97 Å². The molecule has 1 aliphatic carbocycles. The highest BCUT2D eigenvalue weighted by Gasteiger charge is 2.38. The van der Waals surface area contributed by atoms with Crippen LogP contribution in [0.3, 0.4) is 0 Å². The molecule has 1 aliphatic heterocycles. The van der Waals surface area contributed by atoms with E-state index in [4.69, 9.17) is 4.84 Å². The summed E-state index contributed by atoms with van der Waals surface area (Å²) >= 11 is 0. The summed E-state index contributed by atoms with van der Waals surface area (Å²) < 4.78 is 0. The van der Waals surface area contributed by atoms with Gasteiger partial charge in [0.25, 0.3) is 0 Å². The molecular formula is C13H24N2O2. The van der Waals surface area contributed by atoms with Crippen molar-refractivity contribution in [3.8, 4) is 0 Å². The fourth-order valence-electron chi connectivity index (χ4n) is 2.10. The summed E-state index contributed by atoms with van der Waals surface area (Å²) in [4.78, 5) is 19.4. The van der Waals surface area contributed by atoms with E-state index in [0.717, 1.165) is 19.1 Å². The van der Waals surface area contributed by atoms with Gasteiger partial charge in [-0.2, -0.15) is 0 Å². The summed E-state index contributed by atoms with van der Waals surface area (Å²) in [6.07, 6.45) is 4.02. The SMILES string of the molecule is CN(C1CCC1)C1CN(OC(=O)C(C)(C)C)C1. The summed E-state index contributed by atoms with van der Waals surface area (Å²) in [5.41, 5.74) is -0.412. The van der Waals surface area contributed by atoms with Gasteiger partial charge in [0.2, 0.25) is 0 Å². The van der Waals surface area contributed by atoms with E-state index in [1.54, 1.807) is 5.06 Å². The molecule has 4 nitrogen and oxygen atoms in total. The average molecular weight is 240 g/mol. The zero-order chi connectivity index (χ0) is 12.6. The zero-order valence-corrected chi connectivity index (χ0v) is 11.4. The minimum atomic E-state index is -0.412. The number of hydrogen-bond donors (Lipinski definition) is 0. The highest BCUT2D eigenvalue weighted by Crippen LogP contribution is 2.28. The number of rotatable bonds is 3. The first-order valence-corrected chi connectivity index (χ1v) is 6.57. The second-order valence-corrected chi connectivity index (χ2v) is 6.38. The van der Waals surface area contributed by atoms with Gasteiger partial charge in [0, 0.05) is 12.1 Å². The Bertz CT molecular complexity index is 288. The van der Waals surface area contributed by atoms with E-state index >= 15 is 0 Å². The van der Waals surface area contributed by atoms with Crippen LogP contribution in [-0.4, -0.2) is 48.2 Å². The maximum Gasteiger partial charge on any atom is 0.330 e. The van der Waals surface area contributed by atoms with Gasteiger partial charge in [-0.15, -0.1) is 5.06 Å². The highest BCUT2D eigenvalue weighted by molar-refractivity contribution is 5.75. The molecule has 2 aliphatic rings. The molecule has 2 fully saturated rings. The quantitative estimate of drug-likeness (QED) is 0.751. The van der Waals surface area contributed by atoms with Crippen LogP contribution in [0.15, 0.2) is 0 Å². The molecule has 98 valence electrons. The van der Waals surface area contributed by atoms with Crippen LogP contribution in [0, 0.1) is 5.41 Å². The highest BCUT2D eigenvalue weighted by atomic mass is 16.7. The van der Waals surface area contributed by atoms with Crippen molar-refractivity contribution in [2.45, 2.75) is 52.1 Å². The van der Waals surface area contributed by atoms with Gasteiger partial charge >= 0.3 is 5.97 Å². The number of hydrogen-bond acceptors (Lipinski definition) is 4. The molecule has 2 rings (SSSR count). The van der Waals surface area contributed by atoms with E-state index in [1.807, 2.05) is 20.8 Å². The van der Waals surface area contributed by atoms with Crippen LogP contribution in [0.2, 0.25) is 0 Å².